The fourth-order valence-corrected chi connectivity index (χ4v) is 5.83. The summed E-state index contributed by atoms with van der Waals surface area (Å²) in [6.07, 6.45) is -25.8. The number of aliphatic hydroxyl groups is 8. The van der Waals surface area contributed by atoms with E-state index in [1.54, 1.807) is 0 Å². The van der Waals surface area contributed by atoms with E-state index in [1.165, 1.54) is 0 Å². The van der Waals surface area contributed by atoms with E-state index in [9.17, 15) is 80.5 Å². The van der Waals surface area contributed by atoms with Crippen LogP contribution in [0.15, 0.2) is 34.7 Å². The molecule has 2 aliphatic rings. The Kier molecular flexibility index (Phi) is 14.0. The summed E-state index contributed by atoms with van der Waals surface area (Å²) in [5, 5.41) is 142. The van der Waals surface area contributed by atoms with Crippen LogP contribution in [-0.4, -0.2) is 182 Å². The van der Waals surface area contributed by atoms with Crippen LogP contribution in [0.1, 0.15) is 12.8 Å². The number of hydrogen-bond acceptors (Lipinski definition) is 22. The predicted octanol–water partition coefficient (Wildman–Crippen LogP) is -3.67. The summed E-state index contributed by atoms with van der Waals surface area (Å²) < 4.78 is 38.4. The number of aromatic hydroxyl groups is 4. The SMILES string of the molecule is O=C(O)CC(O)C(=O)OC[C@H]1O[C@@H](Oc2cc(O)cc3[o+]c(-c4cc(O)c(O)c(O)c4)c(O[C@@H]4O[C@H](COC(=O)CC(O)C(=O)O)[C@@H](O)[C@H](O)[C@H]4O)cc23)[C@H](O)[C@@H](O)[C@@H]1O. The third-order valence-electron chi connectivity index (χ3n) is 9.04. The molecule has 1 aromatic heterocycles. The molecule has 2 fully saturated rings. The normalized spacial score (nSPS) is 27.7. The second kappa shape index (κ2) is 18.6. The first-order valence-electron chi connectivity index (χ1n) is 17.4. The molecule has 2 unspecified atom stereocenters. The Balaban J connectivity index is 1.50. The van der Waals surface area contributed by atoms with Crippen LogP contribution in [0.2, 0.25) is 0 Å². The summed E-state index contributed by atoms with van der Waals surface area (Å²) in [4.78, 5) is 45.9. The van der Waals surface area contributed by atoms with Gasteiger partial charge in [0.25, 0.3) is 0 Å². The lowest BCUT2D eigenvalue weighted by atomic mass is 9.99. The van der Waals surface area contributed by atoms with Gasteiger partial charge in [-0.1, -0.05) is 0 Å². The van der Waals surface area contributed by atoms with Crippen molar-refractivity contribution < 1.29 is 124 Å². The van der Waals surface area contributed by atoms with Crippen molar-refractivity contribution in [2.45, 2.75) is 86.5 Å². The van der Waals surface area contributed by atoms with E-state index in [1.807, 2.05) is 0 Å². The van der Waals surface area contributed by atoms with E-state index in [0.717, 1.165) is 30.3 Å². The molecule has 0 bridgehead atoms. The van der Waals surface area contributed by atoms with Crippen molar-refractivity contribution in [3.8, 4) is 45.8 Å². The van der Waals surface area contributed by atoms with Crippen LogP contribution in [0.4, 0.5) is 0 Å². The number of phenolic OH excluding ortho intramolecular Hbond substituents is 4. The summed E-state index contributed by atoms with van der Waals surface area (Å²) in [5.74, 6) is -10.7. The number of ether oxygens (including phenoxy) is 6. The Bertz CT molecular complexity index is 2050. The number of esters is 2. The molecule has 12 atom stereocenters. The predicted molar refractivity (Wildman–Crippen MR) is 186 cm³/mol. The molecular weight excluding hydrogens is 820 g/mol. The summed E-state index contributed by atoms with van der Waals surface area (Å²) in [7, 11) is 0. The number of carbonyl (C=O) groups excluding carboxylic acids is 2. The van der Waals surface area contributed by atoms with Crippen molar-refractivity contribution in [2.75, 3.05) is 13.2 Å². The molecule has 60 heavy (non-hydrogen) atoms. The van der Waals surface area contributed by atoms with Crippen molar-refractivity contribution in [1.82, 2.24) is 0 Å². The van der Waals surface area contributed by atoms with E-state index in [0.29, 0.717) is 0 Å². The lowest BCUT2D eigenvalue weighted by Gasteiger charge is -2.40. The Morgan fingerprint density at radius 1 is 0.650 bits per heavy atom. The number of aliphatic hydroxyl groups excluding tert-OH is 8. The van der Waals surface area contributed by atoms with Gasteiger partial charge in [0.05, 0.1) is 24.5 Å². The van der Waals surface area contributed by atoms with Gasteiger partial charge in [-0.25, -0.2) is 14.0 Å². The monoisotopic (exact) mass is 859 g/mol. The Morgan fingerprint density at radius 3 is 1.72 bits per heavy atom. The second-order valence-corrected chi connectivity index (χ2v) is 13.4. The average Bonchev–Trinajstić information content (AvgIpc) is 3.18. The van der Waals surface area contributed by atoms with Crippen LogP contribution in [0.25, 0.3) is 22.3 Å². The highest BCUT2D eigenvalue weighted by molar-refractivity contribution is 5.89. The van der Waals surface area contributed by atoms with Gasteiger partial charge in [-0.3, -0.25) is 9.59 Å². The van der Waals surface area contributed by atoms with Crippen LogP contribution in [0, 0.1) is 0 Å². The average molecular weight is 860 g/mol. The Hall–Kier alpha value is -5.87. The molecule has 3 heterocycles. The van der Waals surface area contributed by atoms with E-state index in [4.69, 9.17) is 43.1 Å². The molecule has 25 heteroatoms. The minimum Gasteiger partial charge on any atom is -0.507 e. The van der Waals surface area contributed by atoms with Crippen molar-refractivity contribution in [2.24, 2.45) is 0 Å². The molecule has 2 saturated heterocycles. The van der Waals surface area contributed by atoms with E-state index < -0.39 is 164 Å². The van der Waals surface area contributed by atoms with Crippen molar-refractivity contribution >= 4 is 34.8 Å². The number of phenols is 4. The summed E-state index contributed by atoms with van der Waals surface area (Å²) in [5.41, 5.74) is -0.565. The first-order chi connectivity index (χ1) is 28.2. The molecule has 0 radical (unpaired) electrons. The van der Waals surface area contributed by atoms with Gasteiger partial charge < -0.3 is 99.9 Å². The van der Waals surface area contributed by atoms with Gasteiger partial charge in [-0.15, -0.1) is 0 Å². The van der Waals surface area contributed by atoms with E-state index in [2.05, 4.69) is 0 Å². The second-order valence-electron chi connectivity index (χ2n) is 13.4. The highest BCUT2D eigenvalue weighted by atomic mass is 16.7. The van der Waals surface area contributed by atoms with Crippen molar-refractivity contribution in [3.63, 3.8) is 0 Å². The summed E-state index contributed by atoms with van der Waals surface area (Å²) in [6, 6.07) is 4.76. The van der Waals surface area contributed by atoms with Crippen LogP contribution in [0.3, 0.4) is 0 Å². The maximum atomic E-state index is 12.1. The Labute approximate surface area is 334 Å². The van der Waals surface area contributed by atoms with Gasteiger partial charge >= 0.3 is 35.2 Å². The number of carboxylic acid groups (broad SMARTS) is 2. The fraction of sp³-hybridized carbons (Fsp3) is 0.457. The number of aliphatic carboxylic acids is 2. The third-order valence-corrected chi connectivity index (χ3v) is 9.04. The van der Waals surface area contributed by atoms with Crippen LogP contribution in [0.5, 0.6) is 34.5 Å². The van der Waals surface area contributed by atoms with E-state index >= 15 is 0 Å². The van der Waals surface area contributed by atoms with Gasteiger partial charge in [0.15, 0.2) is 29.5 Å². The largest absolute Gasteiger partial charge is 0.507 e. The van der Waals surface area contributed by atoms with Gasteiger partial charge in [-0.05, 0) is 0 Å². The first kappa shape index (κ1) is 45.2. The Morgan fingerprint density at radius 2 is 1.18 bits per heavy atom. The topological polar surface area (TPSA) is 418 Å². The highest BCUT2D eigenvalue weighted by Gasteiger charge is 2.48. The quantitative estimate of drug-likeness (QED) is 0.0398. The maximum absolute atomic E-state index is 12.1. The van der Waals surface area contributed by atoms with Crippen molar-refractivity contribution in [1.29, 1.82) is 0 Å². The summed E-state index contributed by atoms with van der Waals surface area (Å²) >= 11 is 0. The molecular formula is C35H39O25+. The minimum absolute atomic E-state index is 0.205. The zero-order valence-electron chi connectivity index (χ0n) is 30.4. The van der Waals surface area contributed by atoms with Crippen LogP contribution >= 0.6 is 0 Å². The molecule has 0 aliphatic carbocycles. The first-order valence-corrected chi connectivity index (χ1v) is 17.4. The number of benzene rings is 2. The third kappa shape index (κ3) is 10.1. The fourth-order valence-electron chi connectivity index (χ4n) is 5.83. The number of carbonyl (C=O) groups is 4. The van der Waals surface area contributed by atoms with Gasteiger partial charge in [0.2, 0.25) is 18.3 Å². The lowest BCUT2D eigenvalue weighted by Crippen LogP contribution is -2.60. The maximum Gasteiger partial charge on any atom is 0.402 e. The number of fused-ring (bicyclic) bond motifs is 1. The molecule has 25 nitrogen and oxygen atoms in total. The molecule has 0 saturated carbocycles. The van der Waals surface area contributed by atoms with Gasteiger partial charge in [-0.2, -0.15) is 0 Å². The molecule has 2 aliphatic heterocycles. The lowest BCUT2D eigenvalue weighted by molar-refractivity contribution is -0.279. The van der Waals surface area contributed by atoms with Gasteiger partial charge in [0.1, 0.15) is 78.9 Å². The smallest absolute Gasteiger partial charge is 0.402 e. The zero-order chi connectivity index (χ0) is 44.3. The van der Waals surface area contributed by atoms with Crippen molar-refractivity contribution in [3.05, 3.63) is 30.3 Å². The summed E-state index contributed by atoms with van der Waals surface area (Å²) in [6.45, 7) is -1.78. The molecule has 5 rings (SSSR count). The van der Waals surface area contributed by atoms with Crippen LogP contribution in [-0.2, 0) is 38.1 Å². The standard InChI is InChI=1S/C35H38O25/c36-11-3-17-12(18(4-11)57-34-29(49)28(48)26(46)21(60-34)9-55-33(53)16(40)6-22(41)42)5-19(31(56-17)10-1-13(37)24(44)14(38)2-10)58-35-30(50)27(47)25(45)20(59-35)8-54-23(43)7-15(39)32(51)52/h1-5,15-16,20-21,25-30,34-35,39-40,45-50H,6-9H2,(H5-,36,37,38,41,42,44,51,52)/p+1/t15?,16?,20-,21-,25-,26-,27+,28+,29-,30-,34-,35-/m1/s1. The molecule has 328 valence electrons. The molecule has 0 spiro atoms. The number of hydrogen-bond donors (Lipinski definition) is 14. The van der Waals surface area contributed by atoms with Crippen LogP contribution < -0.4 is 9.47 Å². The minimum atomic E-state index is -2.13. The van der Waals surface area contributed by atoms with Gasteiger partial charge in [0, 0.05) is 24.3 Å². The number of carboxylic acids is 2. The van der Waals surface area contributed by atoms with E-state index in [-0.39, 0.29) is 16.5 Å². The number of rotatable bonds is 15. The molecule has 0 amide bonds. The molecule has 2 aromatic carbocycles. The zero-order valence-corrected chi connectivity index (χ0v) is 30.4. The molecule has 14 N–H and O–H groups in total. The molecule has 3 aromatic rings. The highest BCUT2D eigenvalue weighted by Crippen LogP contribution is 2.45.